The molecule has 1 heterocycles. The van der Waals surface area contributed by atoms with Crippen molar-refractivity contribution in [3.05, 3.63) is 65.7 Å². The van der Waals surface area contributed by atoms with Crippen LogP contribution >= 0.6 is 25.3 Å². The summed E-state index contributed by atoms with van der Waals surface area (Å²) >= 11 is 8.41. The number of methoxy groups -OCH3 is 1. The van der Waals surface area contributed by atoms with Crippen molar-refractivity contribution in [2.75, 3.05) is 38.2 Å². The van der Waals surface area contributed by atoms with Crippen molar-refractivity contribution in [3.63, 3.8) is 0 Å². The number of hydrogen-bond donors (Lipinski definition) is 13. The van der Waals surface area contributed by atoms with Crippen LogP contribution in [0.3, 0.4) is 0 Å². The van der Waals surface area contributed by atoms with Gasteiger partial charge in [0.2, 0.25) is 59.1 Å². The molecule has 1 aliphatic heterocycles. The van der Waals surface area contributed by atoms with Crippen LogP contribution in [0.1, 0.15) is 63.5 Å². The average molecular weight is 1060 g/mol. The molecule has 400 valence electrons. The van der Waals surface area contributed by atoms with Gasteiger partial charge in [0.15, 0.2) is 5.96 Å². The standard InChI is InChI=1S/C47H69N13O11S2/c1-26(2)39(59-43(67)32(21-27-9-5-4-6-10-27)56-41(65)31(54-38(63)17-20-72)22-28-13-15-29(71-3)16-14-28)45(69)57-33(23-36(48)61)42(66)58-34(25-73)46(70)60-19-8-12-35(60)44(68)55-30(11-7-18-52-47(50)51)40(64)53-24-37(49)62/h4-6,9-10,13-16,26,30-35,39,72-73H,7-8,11-12,17-25H2,1-3H3,(H2,48,61)(H2,49,62)(H,53,64)(H,54,63)(H,55,68)(H,56,65)(H,57,69)(H,58,66)(H,59,67)(H4,50,51,52). The van der Waals surface area contributed by atoms with Crippen LogP contribution in [0.25, 0.3) is 0 Å². The molecule has 26 heteroatoms. The first-order chi connectivity index (χ1) is 34.7. The number of nitrogens with zero attached hydrogens (tertiary/aromatic N) is 2. The minimum atomic E-state index is -1.67. The number of nitrogens with one attached hydrogen (secondary N) is 7. The first-order valence-electron chi connectivity index (χ1n) is 23.6. The highest BCUT2D eigenvalue weighted by Gasteiger charge is 2.40. The van der Waals surface area contributed by atoms with Gasteiger partial charge in [0.25, 0.3) is 0 Å². The summed E-state index contributed by atoms with van der Waals surface area (Å²) in [5, 5.41) is 18.1. The highest BCUT2D eigenvalue weighted by atomic mass is 32.1. The van der Waals surface area contributed by atoms with Crippen LogP contribution in [0.15, 0.2) is 59.6 Å². The molecule has 0 saturated carbocycles. The maximum Gasteiger partial charge on any atom is 0.246 e. The van der Waals surface area contributed by atoms with Gasteiger partial charge in [-0.2, -0.15) is 25.3 Å². The summed E-state index contributed by atoms with van der Waals surface area (Å²) in [5.41, 5.74) is 22.8. The SMILES string of the molecule is COc1ccc(CC(NC(=O)CCS)C(=O)NC(Cc2ccccc2)C(=O)NC(C(=O)NC(CC(N)=O)C(=O)NC(CS)C(=O)N2CCCC2C(=O)NC(CCCN=C(N)N)C(=O)NCC(N)=O)C(C)C)cc1. The molecule has 2 aromatic rings. The number of nitrogens with two attached hydrogens (primary N) is 4. The molecule has 0 bridgehead atoms. The molecule has 1 saturated heterocycles. The fourth-order valence-electron chi connectivity index (χ4n) is 7.67. The van der Waals surface area contributed by atoms with Gasteiger partial charge in [0.1, 0.15) is 48.0 Å². The van der Waals surface area contributed by atoms with Crippen LogP contribution < -0.4 is 64.9 Å². The largest absolute Gasteiger partial charge is 0.497 e. The molecule has 73 heavy (non-hydrogen) atoms. The number of carbonyl (C=O) groups is 10. The third kappa shape index (κ3) is 20.5. The Morgan fingerprint density at radius 1 is 0.699 bits per heavy atom. The molecule has 15 N–H and O–H groups in total. The third-order valence-electron chi connectivity index (χ3n) is 11.4. The van der Waals surface area contributed by atoms with Gasteiger partial charge in [-0.3, -0.25) is 52.9 Å². The molecular formula is C47H69N13O11S2. The summed E-state index contributed by atoms with van der Waals surface area (Å²) in [7, 11) is 1.51. The summed E-state index contributed by atoms with van der Waals surface area (Å²) in [6.07, 6.45) is 0.148. The van der Waals surface area contributed by atoms with Crippen LogP contribution in [0.2, 0.25) is 0 Å². The van der Waals surface area contributed by atoms with Gasteiger partial charge < -0.3 is 69.8 Å². The lowest BCUT2D eigenvalue weighted by Gasteiger charge is -2.30. The quantitative estimate of drug-likeness (QED) is 0.0159. The van der Waals surface area contributed by atoms with Crippen molar-refractivity contribution in [3.8, 4) is 5.75 Å². The number of rotatable bonds is 30. The summed E-state index contributed by atoms with van der Waals surface area (Å²) in [4.78, 5) is 139. The smallest absolute Gasteiger partial charge is 0.246 e. The van der Waals surface area contributed by atoms with E-state index in [-0.39, 0.29) is 69.1 Å². The van der Waals surface area contributed by atoms with E-state index < -0.39 is 120 Å². The minimum Gasteiger partial charge on any atom is -0.497 e. The fourth-order valence-corrected chi connectivity index (χ4v) is 8.12. The molecular weight excluding hydrogens is 987 g/mol. The van der Waals surface area contributed by atoms with E-state index in [1.807, 2.05) is 0 Å². The lowest BCUT2D eigenvalue weighted by atomic mass is 9.99. The number of ether oxygens (including phenoxy) is 1. The normalized spacial score (nSPS) is 15.4. The molecule has 3 rings (SSSR count). The Hall–Kier alpha value is -7.09. The molecule has 1 fully saturated rings. The Bertz CT molecular complexity index is 2270. The molecule has 7 atom stereocenters. The number of hydrogen-bond acceptors (Lipinski definition) is 14. The fraction of sp³-hybridized carbons (Fsp3) is 0.511. The molecule has 0 aromatic heterocycles. The van der Waals surface area contributed by atoms with Gasteiger partial charge in [0, 0.05) is 38.1 Å². The first-order valence-corrected chi connectivity index (χ1v) is 24.8. The molecule has 2 aromatic carbocycles. The van der Waals surface area contributed by atoms with E-state index in [1.165, 1.54) is 12.0 Å². The molecule has 24 nitrogen and oxygen atoms in total. The predicted octanol–water partition coefficient (Wildman–Crippen LogP) is -3.18. The lowest BCUT2D eigenvalue weighted by Crippen LogP contribution is -2.61. The zero-order valence-corrected chi connectivity index (χ0v) is 42.9. The van der Waals surface area contributed by atoms with Gasteiger partial charge >= 0.3 is 0 Å². The molecule has 0 radical (unpaired) electrons. The van der Waals surface area contributed by atoms with Crippen molar-refractivity contribution < 1.29 is 52.7 Å². The Morgan fingerprint density at radius 3 is 1.86 bits per heavy atom. The van der Waals surface area contributed by atoms with Crippen molar-refractivity contribution in [1.82, 2.24) is 42.1 Å². The Labute approximate surface area is 434 Å². The number of primary amides is 2. The van der Waals surface area contributed by atoms with Crippen LogP contribution in [0.5, 0.6) is 5.75 Å². The van der Waals surface area contributed by atoms with E-state index in [0.717, 1.165) is 0 Å². The zero-order valence-electron chi connectivity index (χ0n) is 41.1. The Kier molecular flexibility index (Phi) is 25.3. The highest BCUT2D eigenvalue weighted by Crippen LogP contribution is 2.20. The van der Waals surface area contributed by atoms with Gasteiger partial charge in [-0.1, -0.05) is 56.3 Å². The number of amides is 10. The second-order valence-electron chi connectivity index (χ2n) is 17.5. The molecule has 1 aliphatic rings. The molecule has 0 spiro atoms. The summed E-state index contributed by atoms with van der Waals surface area (Å²) in [6.45, 7) is 2.94. The van der Waals surface area contributed by atoms with Crippen LogP contribution in [0.4, 0.5) is 0 Å². The van der Waals surface area contributed by atoms with Crippen molar-refractivity contribution in [2.24, 2.45) is 33.8 Å². The summed E-state index contributed by atoms with van der Waals surface area (Å²) in [6, 6.07) is 6.47. The van der Waals surface area contributed by atoms with E-state index in [2.05, 4.69) is 67.5 Å². The van der Waals surface area contributed by atoms with Gasteiger partial charge in [0.05, 0.1) is 20.1 Å². The maximum absolute atomic E-state index is 14.3. The second-order valence-corrected chi connectivity index (χ2v) is 18.3. The topological polar surface area (TPSA) is 384 Å². The van der Waals surface area contributed by atoms with Crippen molar-refractivity contribution in [1.29, 1.82) is 0 Å². The number of carbonyl (C=O) groups excluding carboxylic acids is 10. The number of thiol groups is 2. The maximum atomic E-state index is 14.3. The Balaban J connectivity index is 1.81. The zero-order chi connectivity index (χ0) is 54.2. The van der Waals surface area contributed by atoms with E-state index >= 15 is 0 Å². The van der Waals surface area contributed by atoms with E-state index in [4.69, 9.17) is 27.7 Å². The first kappa shape index (κ1) is 60.2. The summed E-state index contributed by atoms with van der Waals surface area (Å²) < 4.78 is 5.24. The van der Waals surface area contributed by atoms with Crippen LogP contribution in [-0.2, 0) is 60.8 Å². The monoisotopic (exact) mass is 1060 g/mol. The van der Waals surface area contributed by atoms with E-state index in [9.17, 15) is 47.9 Å². The summed E-state index contributed by atoms with van der Waals surface area (Å²) in [5.74, 6) is -8.15. The molecule has 10 amide bonds. The minimum absolute atomic E-state index is 0.0169. The number of benzene rings is 2. The highest BCUT2D eigenvalue weighted by molar-refractivity contribution is 7.80. The van der Waals surface area contributed by atoms with Gasteiger partial charge in [-0.25, -0.2) is 0 Å². The molecule has 0 aliphatic carbocycles. The number of likely N-dealkylation sites (tertiary alicyclic amines) is 1. The second kappa shape index (κ2) is 30.7. The lowest BCUT2D eigenvalue weighted by molar-refractivity contribution is -0.142. The average Bonchev–Trinajstić information content (AvgIpc) is 3.85. The third-order valence-corrected chi connectivity index (χ3v) is 12.0. The van der Waals surface area contributed by atoms with E-state index in [1.54, 1.807) is 68.4 Å². The van der Waals surface area contributed by atoms with Gasteiger partial charge in [-0.05, 0) is 60.6 Å². The van der Waals surface area contributed by atoms with E-state index in [0.29, 0.717) is 23.3 Å². The number of aliphatic imine (C=N–C) groups is 1. The molecule has 7 unspecified atom stereocenters. The number of guanidine groups is 1. The van der Waals surface area contributed by atoms with Crippen molar-refractivity contribution >= 4 is 90.3 Å². The Morgan fingerprint density at radius 2 is 1.29 bits per heavy atom. The van der Waals surface area contributed by atoms with Gasteiger partial charge in [-0.15, -0.1) is 0 Å². The van der Waals surface area contributed by atoms with Crippen LogP contribution in [-0.4, -0.2) is 150 Å². The van der Waals surface area contributed by atoms with Crippen molar-refractivity contribution in [2.45, 2.75) is 108 Å². The predicted molar refractivity (Wildman–Crippen MR) is 276 cm³/mol. The van der Waals surface area contributed by atoms with Crippen LogP contribution in [0, 0.1) is 5.92 Å².